The molecule has 0 amide bonds. The Kier molecular flexibility index (Phi) is 4.06. The lowest BCUT2D eigenvalue weighted by molar-refractivity contribution is 1.18. The first-order valence-electron chi connectivity index (χ1n) is 12.6. The third-order valence-corrected chi connectivity index (χ3v) is 7.80. The number of fused-ring (bicyclic) bond motifs is 8. The number of nitrogens with zero attached hydrogens (tertiary/aromatic N) is 1. The summed E-state index contributed by atoms with van der Waals surface area (Å²) in [5.41, 5.74) is 11.8. The zero-order chi connectivity index (χ0) is 23.6. The zero-order valence-electron chi connectivity index (χ0n) is 19.8. The van der Waals surface area contributed by atoms with Gasteiger partial charge in [-0.1, -0.05) is 91.0 Å². The summed E-state index contributed by atoms with van der Waals surface area (Å²) in [6, 6.07) is 46.7. The lowest BCUT2D eigenvalue weighted by Gasteiger charge is -2.10. The minimum atomic E-state index is 1.01. The maximum Gasteiger partial charge on any atom is 0.0541 e. The third-order valence-electron chi connectivity index (χ3n) is 7.80. The summed E-state index contributed by atoms with van der Waals surface area (Å²) in [6.07, 6.45) is 1.01. The molecule has 8 rings (SSSR count). The lowest BCUT2D eigenvalue weighted by Crippen LogP contribution is -1.92. The largest absolute Gasteiger partial charge is 0.309 e. The molecule has 0 N–H and O–H groups in total. The molecule has 168 valence electrons. The van der Waals surface area contributed by atoms with Gasteiger partial charge in [0.25, 0.3) is 0 Å². The molecule has 0 unspecified atom stereocenters. The van der Waals surface area contributed by atoms with Crippen LogP contribution >= 0.6 is 0 Å². The van der Waals surface area contributed by atoms with E-state index in [2.05, 4.69) is 132 Å². The van der Waals surface area contributed by atoms with Gasteiger partial charge in [-0.15, -0.1) is 0 Å². The van der Waals surface area contributed by atoms with Gasteiger partial charge in [-0.3, -0.25) is 0 Å². The van der Waals surface area contributed by atoms with E-state index in [-0.39, 0.29) is 0 Å². The predicted octanol–water partition coefficient (Wildman–Crippen LogP) is 9.18. The maximum absolute atomic E-state index is 2.41. The van der Waals surface area contributed by atoms with Crippen LogP contribution in [0.5, 0.6) is 0 Å². The zero-order valence-corrected chi connectivity index (χ0v) is 19.8. The standard InChI is InChI=1S/C35H23N/c1-2-9-28(10-3-1)36-33-13-7-6-12-30(33)32-22-25(18-19-34(32)36)24-15-16-26-20-27-17-14-23-8-4-5-11-29(23)35(27)31(26)21-24/h1-19,21-22H,20H2. The van der Waals surface area contributed by atoms with E-state index in [4.69, 9.17) is 0 Å². The van der Waals surface area contributed by atoms with Crippen LogP contribution in [0.2, 0.25) is 0 Å². The minimum absolute atomic E-state index is 1.01. The molecule has 36 heavy (non-hydrogen) atoms. The molecular weight excluding hydrogens is 434 g/mol. The van der Waals surface area contributed by atoms with Crippen molar-refractivity contribution in [3.05, 3.63) is 139 Å². The summed E-state index contributed by atoms with van der Waals surface area (Å²) < 4.78 is 2.37. The fourth-order valence-electron chi connectivity index (χ4n) is 6.14. The van der Waals surface area contributed by atoms with Gasteiger partial charge in [-0.25, -0.2) is 0 Å². The lowest BCUT2D eigenvalue weighted by atomic mass is 9.95. The van der Waals surface area contributed by atoms with Crippen LogP contribution in [-0.2, 0) is 6.42 Å². The molecule has 0 radical (unpaired) electrons. The van der Waals surface area contributed by atoms with Crippen LogP contribution in [0.3, 0.4) is 0 Å². The molecule has 6 aromatic carbocycles. The van der Waals surface area contributed by atoms with Crippen molar-refractivity contribution in [3.63, 3.8) is 0 Å². The fraction of sp³-hybridized carbons (Fsp3) is 0.0286. The van der Waals surface area contributed by atoms with Crippen LogP contribution in [0.25, 0.3) is 60.5 Å². The highest BCUT2D eigenvalue weighted by atomic mass is 15.0. The molecule has 1 heteroatoms. The first-order valence-corrected chi connectivity index (χ1v) is 12.6. The first-order chi connectivity index (χ1) is 17.8. The van der Waals surface area contributed by atoms with E-state index in [0.717, 1.165) is 6.42 Å². The predicted molar refractivity (Wildman–Crippen MR) is 152 cm³/mol. The summed E-state index contributed by atoms with van der Waals surface area (Å²) in [7, 11) is 0. The summed E-state index contributed by atoms with van der Waals surface area (Å²) in [5.74, 6) is 0. The molecule has 1 aliphatic rings. The van der Waals surface area contributed by atoms with Crippen molar-refractivity contribution < 1.29 is 0 Å². The molecule has 1 heterocycles. The summed E-state index contributed by atoms with van der Waals surface area (Å²) in [6.45, 7) is 0. The molecule has 1 aromatic heterocycles. The molecule has 1 aliphatic carbocycles. The van der Waals surface area contributed by atoms with Gasteiger partial charge in [-0.2, -0.15) is 0 Å². The minimum Gasteiger partial charge on any atom is -0.309 e. The summed E-state index contributed by atoms with van der Waals surface area (Å²) >= 11 is 0. The third kappa shape index (κ3) is 2.77. The van der Waals surface area contributed by atoms with Crippen LogP contribution in [0, 0.1) is 0 Å². The highest BCUT2D eigenvalue weighted by Crippen LogP contribution is 2.43. The Morgan fingerprint density at radius 1 is 0.472 bits per heavy atom. The molecular formula is C35H23N. The Balaban J connectivity index is 1.34. The van der Waals surface area contributed by atoms with Gasteiger partial charge < -0.3 is 4.57 Å². The van der Waals surface area contributed by atoms with Gasteiger partial charge >= 0.3 is 0 Å². The van der Waals surface area contributed by atoms with Crippen molar-refractivity contribution in [1.29, 1.82) is 0 Å². The van der Waals surface area contributed by atoms with Crippen molar-refractivity contribution in [2.24, 2.45) is 0 Å². The van der Waals surface area contributed by atoms with E-state index < -0.39 is 0 Å². The van der Waals surface area contributed by atoms with E-state index in [1.54, 1.807) is 0 Å². The molecule has 0 saturated heterocycles. The van der Waals surface area contributed by atoms with Crippen molar-refractivity contribution >= 4 is 32.6 Å². The van der Waals surface area contributed by atoms with Gasteiger partial charge in [0.1, 0.15) is 0 Å². The first kappa shape index (κ1) is 19.7. The van der Waals surface area contributed by atoms with Crippen LogP contribution in [0.1, 0.15) is 11.1 Å². The molecule has 0 bridgehead atoms. The second-order valence-corrected chi connectivity index (χ2v) is 9.79. The topological polar surface area (TPSA) is 4.93 Å². The van der Waals surface area contributed by atoms with Crippen molar-refractivity contribution in [2.45, 2.75) is 6.42 Å². The molecule has 0 spiro atoms. The summed E-state index contributed by atoms with van der Waals surface area (Å²) in [5, 5.41) is 5.24. The molecule has 7 aromatic rings. The van der Waals surface area contributed by atoms with Crippen molar-refractivity contribution in [1.82, 2.24) is 4.57 Å². The Morgan fingerprint density at radius 3 is 2.08 bits per heavy atom. The maximum atomic E-state index is 2.41. The van der Waals surface area contributed by atoms with Crippen LogP contribution < -0.4 is 0 Å². The fourth-order valence-corrected chi connectivity index (χ4v) is 6.14. The van der Waals surface area contributed by atoms with E-state index in [0.29, 0.717) is 0 Å². The number of rotatable bonds is 2. The van der Waals surface area contributed by atoms with E-state index >= 15 is 0 Å². The number of hydrogen-bond donors (Lipinski definition) is 0. The van der Waals surface area contributed by atoms with Crippen molar-refractivity contribution in [2.75, 3.05) is 0 Å². The number of benzene rings is 6. The average molecular weight is 458 g/mol. The van der Waals surface area contributed by atoms with Gasteiger partial charge in [-0.05, 0) is 87.0 Å². The van der Waals surface area contributed by atoms with E-state index in [1.165, 1.54) is 71.6 Å². The molecule has 1 nitrogen and oxygen atoms in total. The summed E-state index contributed by atoms with van der Waals surface area (Å²) in [4.78, 5) is 0. The smallest absolute Gasteiger partial charge is 0.0541 e. The van der Waals surface area contributed by atoms with Gasteiger partial charge in [0.05, 0.1) is 11.0 Å². The van der Waals surface area contributed by atoms with E-state index in [1.807, 2.05) is 0 Å². The highest BCUT2D eigenvalue weighted by molar-refractivity contribution is 6.10. The second kappa shape index (κ2) is 7.44. The van der Waals surface area contributed by atoms with Crippen LogP contribution in [0.15, 0.2) is 127 Å². The number of para-hydroxylation sites is 2. The molecule has 0 atom stereocenters. The SMILES string of the molecule is c1ccc(-n2c3ccccc3c3cc(-c4ccc5c(c4)-c4c(ccc6ccccc46)C5)ccc32)cc1. The van der Waals surface area contributed by atoms with E-state index in [9.17, 15) is 0 Å². The Morgan fingerprint density at radius 2 is 1.17 bits per heavy atom. The average Bonchev–Trinajstić information content (AvgIpc) is 3.48. The monoisotopic (exact) mass is 457 g/mol. The molecule has 0 aliphatic heterocycles. The second-order valence-electron chi connectivity index (χ2n) is 9.79. The van der Waals surface area contributed by atoms with Crippen LogP contribution in [0.4, 0.5) is 0 Å². The Hall–Kier alpha value is -4.62. The Bertz CT molecular complexity index is 1960. The highest BCUT2D eigenvalue weighted by Gasteiger charge is 2.21. The quantitative estimate of drug-likeness (QED) is 0.244. The normalized spacial score (nSPS) is 12.3. The number of hydrogen-bond acceptors (Lipinski definition) is 0. The molecule has 0 fully saturated rings. The van der Waals surface area contributed by atoms with Gasteiger partial charge in [0, 0.05) is 16.5 Å². The van der Waals surface area contributed by atoms with Crippen LogP contribution in [-0.4, -0.2) is 4.57 Å². The van der Waals surface area contributed by atoms with Crippen molar-refractivity contribution in [3.8, 4) is 27.9 Å². The number of aromatic nitrogens is 1. The molecule has 0 saturated carbocycles. The van der Waals surface area contributed by atoms with Gasteiger partial charge in [0.15, 0.2) is 0 Å². The van der Waals surface area contributed by atoms with Gasteiger partial charge in [0.2, 0.25) is 0 Å². The Labute approximate surface area is 209 Å².